The summed E-state index contributed by atoms with van der Waals surface area (Å²) in [6, 6.07) is 33.3. The Bertz CT molecular complexity index is 1010. The van der Waals surface area contributed by atoms with Crippen LogP contribution in [0.3, 0.4) is 0 Å². The number of hydrogen-bond acceptors (Lipinski definition) is 4. The molecule has 0 heterocycles. The molecule has 0 aliphatic rings. The average Bonchev–Trinajstić information content (AvgIpc) is 2.86. The predicted molar refractivity (Wildman–Crippen MR) is 139 cm³/mol. The number of benzene rings is 3. The second-order valence-corrected chi connectivity index (χ2v) is 13.8. The molecule has 0 bridgehead atoms. The van der Waals surface area contributed by atoms with Gasteiger partial charge in [-0.15, -0.1) is 0 Å². The van der Waals surface area contributed by atoms with Crippen molar-refractivity contribution < 1.29 is 13.9 Å². The van der Waals surface area contributed by atoms with Crippen LogP contribution in [0.1, 0.15) is 39.4 Å². The van der Waals surface area contributed by atoms with Crippen LogP contribution < -0.4 is 10.4 Å². The van der Waals surface area contributed by atoms with Crippen LogP contribution in [-0.2, 0) is 13.9 Å². The van der Waals surface area contributed by atoms with Crippen molar-refractivity contribution in [2.45, 2.75) is 44.9 Å². The smallest absolute Gasteiger partial charge is 0.262 e. The summed E-state index contributed by atoms with van der Waals surface area (Å²) in [5.74, 6) is -0.232. The Morgan fingerprint density at radius 1 is 0.824 bits per heavy atom. The van der Waals surface area contributed by atoms with Crippen molar-refractivity contribution in [3.63, 3.8) is 0 Å². The average molecular weight is 474 g/mol. The van der Waals surface area contributed by atoms with Gasteiger partial charge in [-0.05, 0) is 21.0 Å². The van der Waals surface area contributed by atoms with E-state index in [1.54, 1.807) is 7.11 Å². The van der Waals surface area contributed by atoms with E-state index in [1.165, 1.54) is 0 Å². The Kier molecular flexibility index (Phi) is 8.82. The molecule has 0 aliphatic carbocycles. The van der Waals surface area contributed by atoms with E-state index in [9.17, 15) is 5.26 Å². The molecule has 0 N–H and O–H groups in total. The molecule has 0 saturated carbocycles. The summed E-state index contributed by atoms with van der Waals surface area (Å²) >= 11 is 0. The third-order valence-electron chi connectivity index (χ3n) is 6.30. The monoisotopic (exact) mass is 473 g/mol. The molecular formula is C29H35NO3Si. The lowest BCUT2D eigenvalue weighted by Crippen LogP contribution is -2.68. The van der Waals surface area contributed by atoms with Crippen molar-refractivity contribution >= 4 is 18.7 Å². The van der Waals surface area contributed by atoms with E-state index in [0.29, 0.717) is 0 Å². The lowest BCUT2D eigenvalue weighted by atomic mass is 9.93. The second kappa shape index (κ2) is 11.6. The van der Waals surface area contributed by atoms with Gasteiger partial charge in [-0.1, -0.05) is 119 Å². The third-order valence-corrected chi connectivity index (χ3v) is 11.3. The number of ether oxygens (including phenoxy) is 2. The molecule has 3 atom stereocenters. The molecule has 0 unspecified atom stereocenters. The minimum Gasteiger partial charge on any atom is -0.391 e. The van der Waals surface area contributed by atoms with E-state index in [0.717, 1.165) is 15.9 Å². The van der Waals surface area contributed by atoms with E-state index in [4.69, 9.17) is 13.9 Å². The number of methoxy groups -OCH3 is 1. The van der Waals surface area contributed by atoms with Crippen LogP contribution in [0.15, 0.2) is 91.0 Å². The fraction of sp³-hybridized carbons (Fsp3) is 0.345. The molecule has 3 aromatic rings. The van der Waals surface area contributed by atoms with Gasteiger partial charge in [0.25, 0.3) is 8.32 Å². The molecular weight excluding hydrogens is 438 g/mol. The van der Waals surface area contributed by atoms with E-state index >= 15 is 0 Å². The Balaban J connectivity index is 2.11. The summed E-state index contributed by atoms with van der Waals surface area (Å²) < 4.78 is 18.4. The largest absolute Gasteiger partial charge is 0.391 e. The lowest BCUT2D eigenvalue weighted by Gasteiger charge is -2.45. The number of rotatable bonds is 10. The highest BCUT2D eigenvalue weighted by atomic mass is 28.4. The fourth-order valence-electron chi connectivity index (χ4n) is 4.63. The summed E-state index contributed by atoms with van der Waals surface area (Å²) in [5.41, 5.74) is 0.998. The highest BCUT2D eigenvalue weighted by Gasteiger charge is 2.52. The molecule has 0 fully saturated rings. The zero-order valence-corrected chi connectivity index (χ0v) is 21.8. The first kappa shape index (κ1) is 25.9. The molecule has 0 radical (unpaired) electrons. The van der Waals surface area contributed by atoms with Crippen LogP contribution in [0.2, 0.25) is 5.04 Å². The molecule has 4 nitrogen and oxygen atoms in total. The first-order chi connectivity index (χ1) is 16.3. The molecule has 3 rings (SSSR count). The topological polar surface area (TPSA) is 51.5 Å². The molecule has 0 aliphatic heterocycles. The second-order valence-electron chi connectivity index (χ2n) is 9.59. The number of nitrogens with zero attached hydrogens (tertiary/aromatic N) is 1. The lowest BCUT2D eigenvalue weighted by molar-refractivity contribution is -0.102. The van der Waals surface area contributed by atoms with E-state index < -0.39 is 14.4 Å². The van der Waals surface area contributed by atoms with Crippen LogP contribution in [0.4, 0.5) is 0 Å². The summed E-state index contributed by atoms with van der Waals surface area (Å²) in [5, 5.41) is 12.5. The van der Waals surface area contributed by atoms with Gasteiger partial charge >= 0.3 is 0 Å². The minimum absolute atomic E-state index is 0.140. The minimum atomic E-state index is -2.88. The van der Waals surface area contributed by atoms with Crippen molar-refractivity contribution in [1.29, 1.82) is 5.26 Å². The third kappa shape index (κ3) is 5.48. The van der Waals surface area contributed by atoms with E-state index in [2.05, 4.69) is 75.4 Å². The van der Waals surface area contributed by atoms with Gasteiger partial charge in [0.15, 0.2) is 0 Å². The van der Waals surface area contributed by atoms with Crippen LogP contribution in [-0.4, -0.2) is 28.3 Å². The van der Waals surface area contributed by atoms with Crippen molar-refractivity contribution in [3.8, 4) is 6.07 Å². The van der Waals surface area contributed by atoms with E-state index in [-0.39, 0.29) is 23.9 Å². The quantitative estimate of drug-likeness (QED) is 0.290. The first-order valence-corrected chi connectivity index (χ1v) is 13.6. The van der Waals surface area contributed by atoms with Crippen LogP contribution in [0.5, 0.6) is 0 Å². The van der Waals surface area contributed by atoms with Gasteiger partial charge in [-0.3, -0.25) is 0 Å². The van der Waals surface area contributed by atoms with Crippen LogP contribution in [0, 0.1) is 17.2 Å². The molecule has 0 spiro atoms. The van der Waals surface area contributed by atoms with Gasteiger partial charge in [0, 0.05) is 13.0 Å². The molecule has 178 valence electrons. The van der Waals surface area contributed by atoms with Crippen molar-refractivity contribution in [3.05, 3.63) is 96.6 Å². The Morgan fingerprint density at radius 3 is 1.71 bits per heavy atom. The number of nitriles is 1. The summed E-state index contributed by atoms with van der Waals surface area (Å²) in [6.07, 6.45) is -1.03. The maximum atomic E-state index is 10.4. The Hall–Kier alpha value is -2.75. The maximum Gasteiger partial charge on any atom is 0.262 e. The Labute approximate surface area is 205 Å². The zero-order chi connectivity index (χ0) is 24.6. The summed E-state index contributed by atoms with van der Waals surface area (Å²) in [7, 11) is -1.28. The first-order valence-electron chi connectivity index (χ1n) is 11.7. The van der Waals surface area contributed by atoms with Gasteiger partial charge in [0.1, 0.15) is 12.9 Å². The molecule has 0 saturated heterocycles. The zero-order valence-electron chi connectivity index (χ0n) is 20.8. The maximum absolute atomic E-state index is 10.4. The Morgan fingerprint density at radius 2 is 1.29 bits per heavy atom. The van der Waals surface area contributed by atoms with Gasteiger partial charge in [0.05, 0.1) is 12.2 Å². The molecule has 3 aromatic carbocycles. The van der Waals surface area contributed by atoms with Gasteiger partial charge in [-0.25, -0.2) is 0 Å². The van der Waals surface area contributed by atoms with Gasteiger partial charge in [0.2, 0.25) is 0 Å². The summed E-state index contributed by atoms with van der Waals surface area (Å²) in [6.45, 7) is 8.82. The highest BCUT2D eigenvalue weighted by molar-refractivity contribution is 6.99. The van der Waals surface area contributed by atoms with Gasteiger partial charge in [-0.2, -0.15) is 5.26 Å². The van der Waals surface area contributed by atoms with Crippen molar-refractivity contribution in [2.75, 3.05) is 13.9 Å². The van der Waals surface area contributed by atoms with E-state index in [1.807, 2.05) is 49.4 Å². The highest BCUT2D eigenvalue weighted by Crippen LogP contribution is 2.40. The number of hydrogen-bond donors (Lipinski definition) is 0. The summed E-state index contributed by atoms with van der Waals surface area (Å²) in [4.78, 5) is 0. The molecule has 5 heteroatoms. The fourth-order valence-corrected chi connectivity index (χ4v) is 9.29. The molecule has 0 aromatic heterocycles. The van der Waals surface area contributed by atoms with Crippen molar-refractivity contribution in [2.24, 2.45) is 5.92 Å². The van der Waals surface area contributed by atoms with Crippen LogP contribution >= 0.6 is 0 Å². The molecule has 0 amide bonds. The van der Waals surface area contributed by atoms with Gasteiger partial charge < -0.3 is 13.9 Å². The SMILES string of the molecule is COCO[C@@H](c1ccccc1)[C@@H](C)[C@H](C#N)O[Si](c1ccccc1)(c1ccccc1)C(C)(C)C. The predicted octanol–water partition coefficient (Wildman–Crippen LogP) is 5.45. The normalized spacial score (nSPS) is 14.7. The van der Waals surface area contributed by atoms with Crippen LogP contribution in [0.25, 0.3) is 0 Å². The van der Waals surface area contributed by atoms with Crippen molar-refractivity contribution in [1.82, 2.24) is 0 Å². The molecule has 34 heavy (non-hydrogen) atoms. The standard InChI is InChI=1S/C29H35NO3Si/c1-23(28(32-22-31-5)24-15-9-6-10-16-24)27(21-30)33-34(29(2,3)4,25-17-11-7-12-18-25)26-19-13-8-14-20-26/h6-20,23,27-28H,22H2,1-5H3/t23-,27-,28+/m0/s1.